The van der Waals surface area contributed by atoms with E-state index in [9.17, 15) is 8.42 Å². The molecule has 0 spiro atoms. The van der Waals surface area contributed by atoms with E-state index in [0.717, 1.165) is 12.8 Å². The van der Waals surface area contributed by atoms with Gasteiger partial charge in [0.1, 0.15) is 9.84 Å². The minimum atomic E-state index is -2.99. The van der Waals surface area contributed by atoms with E-state index in [1.54, 1.807) is 6.92 Å². The molecule has 0 amide bonds. The third-order valence-corrected chi connectivity index (χ3v) is 3.81. The predicted octanol–water partition coefficient (Wildman–Crippen LogP) is -0.229. The molecule has 0 aromatic carbocycles. The van der Waals surface area contributed by atoms with Gasteiger partial charge in [-0.2, -0.15) is 0 Å². The van der Waals surface area contributed by atoms with Crippen LogP contribution >= 0.6 is 0 Å². The summed E-state index contributed by atoms with van der Waals surface area (Å²) in [5, 5.41) is 2.98. The number of sulfone groups is 1. The standard InChI is InChI=1S/C10H22N4O2S/c1-8(7-17(2,15)16)12-10(14-11)13-9-5-3-4-6-9/h8-9H,3-7,11H2,1-2H3,(H2,12,13,14). The van der Waals surface area contributed by atoms with Gasteiger partial charge < -0.3 is 5.32 Å². The van der Waals surface area contributed by atoms with Crippen molar-refractivity contribution in [2.45, 2.75) is 44.7 Å². The summed E-state index contributed by atoms with van der Waals surface area (Å²) in [5.74, 6) is 5.92. The number of nitrogens with one attached hydrogen (secondary N) is 2. The van der Waals surface area contributed by atoms with Gasteiger partial charge in [-0.15, -0.1) is 0 Å². The molecular formula is C10H22N4O2S. The highest BCUT2D eigenvalue weighted by Crippen LogP contribution is 2.20. The van der Waals surface area contributed by atoms with Crippen molar-refractivity contribution in [3.05, 3.63) is 0 Å². The molecule has 7 heteroatoms. The number of hydrogen-bond acceptors (Lipinski definition) is 4. The van der Waals surface area contributed by atoms with Gasteiger partial charge in [0.05, 0.1) is 11.8 Å². The van der Waals surface area contributed by atoms with Crippen molar-refractivity contribution in [2.24, 2.45) is 10.8 Å². The number of hydrogen-bond donors (Lipinski definition) is 3. The molecule has 0 aromatic heterocycles. The Bertz CT molecular complexity index is 361. The second-order valence-electron chi connectivity index (χ2n) is 4.70. The predicted molar refractivity (Wildman–Crippen MR) is 69.3 cm³/mol. The molecular weight excluding hydrogens is 240 g/mol. The molecule has 100 valence electrons. The second kappa shape index (κ2) is 6.20. The number of nitrogens with two attached hydrogens (primary N) is 1. The smallest absolute Gasteiger partial charge is 0.206 e. The average molecular weight is 262 g/mol. The molecule has 1 rings (SSSR count). The summed E-state index contributed by atoms with van der Waals surface area (Å²) in [6.45, 7) is 1.79. The first kappa shape index (κ1) is 14.2. The molecule has 0 aromatic rings. The Morgan fingerprint density at radius 2 is 2.06 bits per heavy atom. The van der Waals surface area contributed by atoms with Crippen LogP contribution in [0.15, 0.2) is 4.99 Å². The zero-order chi connectivity index (χ0) is 12.9. The number of hydrazine groups is 1. The summed E-state index contributed by atoms with van der Waals surface area (Å²) in [4.78, 5) is 4.44. The van der Waals surface area contributed by atoms with E-state index in [4.69, 9.17) is 5.84 Å². The summed E-state index contributed by atoms with van der Waals surface area (Å²) in [5.41, 5.74) is 2.49. The lowest BCUT2D eigenvalue weighted by Crippen LogP contribution is -2.48. The molecule has 1 atom stereocenters. The third-order valence-electron chi connectivity index (χ3n) is 2.71. The molecule has 4 N–H and O–H groups in total. The molecule has 1 aliphatic rings. The van der Waals surface area contributed by atoms with Crippen LogP contribution in [0.1, 0.15) is 32.6 Å². The fraction of sp³-hybridized carbons (Fsp3) is 0.900. The van der Waals surface area contributed by atoms with Crippen molar-refractivity contribution < 1.29 is 8.42 Å². The van der Waals surface area contributed by atoms with Gasteiger partial charge in [0.15, 0.2) is 0 Å². The van der Waals surface area contributed by atoms with Crippen LogP contribution in [-0.4, -0.2) is 38.5 Å². The van der Waals surface area contributed by atoms with E-state index < -0.39 is 9.84 Å². The summed E-state index contributed by atoms with van der Waals surface area (Å²) in [6, 6.07) is 0.0974. The van der Waals surface area contributed by atoms with Gasteiger partial charge >= 0.3 is 0 Å². The lowest BCUT2D eigenvalue weighted by Gasteiger charge is -2.16. The maximum Gasteiger partial charge on any atom is 0.206 e. The van der Waals surface area contributed by atoms with Gasteiger partial charge in [0, 0.05) is 12.3 Å². The summed E-state index contributed by atoms with van der Waals surface area (Å²) >= 11 is 0. The van der Waals surface area contributed by atoms with E-state index in [1.807, 2.05) is 0 Å². The van der Waals surface area contributed by atoms with Gasteiger partial charge in [-0.25, -0.2) is 19.3 Å². The molecule has 1 saturated carbocycles. The van der Waals surface area contributed by atoms with Crippen molar-refractivity contribution in [2.75, 3.05) is 12.0 Å². The van der Waals surface area contributed by atoms with E-state index in [1.165, 1.54) is 19.1 Å². The largest absolute Gasteiger partial charge is 0.352 e. The van der Waals surface area contributed by atoms with Crippen molar-refractivity contribution in [3.8, 4) is 0 Å². The summed E-state index contributed by atoms with van der Waals surface area (Å²) in [6.07, 6.45) is 5.77. The van der Waals surface area contributed by atoms with Crippen molar-refractivity contribution >= 4 is 15.8 Å². The molecule has 1 unspecified atom stereocenters. The zero-order valence-electron chi connectivity index (χ0n) is 10.4. The minimum Gasteiger partial charge on any atom is -0.352 e. The molecule has 0 aliphatic heterocycles. The summed E-state index contributed by atoms with van der Waals surface area (Å²) in [7, 11) is -2.99. The van der Waals surface area contributed by atoms with Gasteiger partial charge in [-0.05, 0) is 19.8 Å². The van der Waals surface area contributed by atoms with Crippen LogP contribution in [0.3, 0.4) is 0 Å². The minimum absolute atomic E-state index is 0.0678. The molecule has 6 nitrogen and oxygen atoms in total. The first-order valence-electron chi connectivity index (χ1n) is 5.89. The highest BCUT2D eigenvalue weighted by atomic mass is 32.2. The van der Waals surface area contributed by atoms with E-state index in [-0.39, 0.29) is 11.8 Å². The van der Waals surface area contributed by atoms with E-state index >= 15 is 0 Å². The zero-order valence-corrected chi connectivity index (χ0v) is 11.3. The summed E-state index contributed by atoms with van der Waals surface area (Å²) < 4.78 is 22.2. The van der Waals surface area contributed by atoms with Gasteiger partial charge in [0.2, 0.25) is 5.96 Å². The molecule has 1 aliphatic carbocycles. The van der Waals surface area contributed by atoms with Crippen molar-refractivity contribution in [1.29, 1.82) is 0 Å². The molecule has 0 saturated heterocycles. The number of nitrogens with zero attached hydrogens (tertiary/aromatic N) is 1. The van der Waals surface area contributed by atoms with Gasteiger partial charge in [0.25, 0.3) is 0 Å². The molecule has 0 bridgehead atoms. The Labute approximate surface area is 103 Å². The van der Waals surface area contributed by atoms with Crippen LogP contribution in [0.4, 0.5) is 0 Å². The maximum atomic E-state index is 11.1. The Kier molecular flexibility index (Phi) is 5.20. The Morgan fingerprint density at radius 1 is 1.47 bits per heavy atom. The monoisotopic (exact) mass is 262 g/mol. The van der Waals surface area contributed by atoms with Crippen molar-refractivity contribution in [3.63, 3.8) is 0 Å². The van der Waals surface area contributed by atoms with Crippen LogP contribution in [0.5, 0.6) is 0 Å². The van der Waals surface area contributed by atoms with Crippen LogP contribution in [0.2, 0.25) is 0 Å². The highest BCUT2D eigenvalue weighted by Gasteiger charge is 2.16. The SMILES string of the molecule is CC(CS(C)(=O)=O)NC(=NC1CCCC1)NN. The quantitative estimate of drug-likeness (QED) is 0.281. The second-order valence-corrected chi connectivity index (χ2v) is 6.88. The fourth-order valence-electron chi connectivity index (χ4n) is 2.06. The average Bonchev–Trinajstić information content (AvgIpc) is 2.66. The lowest BCUT2D eigenvalue weighted by molar-refractivity contribution is 0.588. The Hall–Kier alpha value is -0.820. The van der Waals surface area contributed by atoms with Crippen LogP contribution < -0.4 is 16.6 Å². The van der Waals surface area contributed by atoms with E-state index in [0.29, 0.717) is 12.0 Å². The Balaban J connectivity index is 2.50. The highest BCUT2D eigenvalue weighted by molar-refractivity contribution is 7.90. The first-order chi connectivity index (χ1) is 7.90. The molecule has 1 fully saturated rings. The molecule has 0 radical (unpaired) electrons. The van der Waals surface area contributed by atoms with Crippen molar-refractivity contribution in [1.82, 2.24) is 10.7 Å². The van der Waals surface area contributed by atoms with Gasteiger partial charge in [-0.1, -0.05) is 12.8 Å². The maximum absolute atomic E-state index is 11.1. The number of rotatable bonds is 4. The van der Waals surface area contributed by atoms with Crippen LogP contribution in [0, 0.1) is 0 Å². The normalized spacial score (nSPS) is 20.3. The number of guanidine groups is 1. The number of aliphatic imine (C=N–C) groups is 1. The Morgan fingerprint density at radius 3 is 2.53 bits per heavy atom. The fourth-order valence-corrected chi connectivity index (χ4v) is 3.05. The molecule has 17 heavy (non-hydrogen) atoms. The van der Waals surface area contributed by atoms with E-state index in [2.05, 4.69) is 15.7 Å². The van der Waals surface area contributed by atoms with Crippen LogP contribution in [-0.2, 0) is 9.84 Å². The topological polar surface area (TPSA) is 96.6 Å². The van der Waals surface area contributed by atoms with Gasteiger partial charge in [-0.3, -0.25) is 5.43 Å². The third kappa shape index (κ3) is 5.88. The van der Waals surface area contributed by atoms with Crippen LogP contribution in [0.25, 0.3) is 0 Å². The lowest BCUT2D eigenvalue weighted by atomic mass is 10.3. The molecule has 0 heterocycles. The first-order valence-corrected chi connectivity index (χ1v) is 7.95.